The molecule has 0 spiro atoms. The molecule has 0 radical (unpaired) electrons. The third kappa shape index (κ3) is 4.67. The smallest absolute Gasteiger partial charge is 0.264 e. The number of morpholine rings is 1. The summed E-state index contributed by atoms with van der Waals surface area (Å²) in [4.78, 5) is 30.5. The lowest BCUT2D eigenvalue weighted by atomic mass is 9.94. The standard InChI is InChI=1S/C22H29N3O4S/c1-28-11-7-23-19(26)15-24-8-6-16(14-24)20-17-4-2-3-5-18(17)30-21(20)22(27)25-9-12-29-13-10-25/h2-5,16H,6-15H2,1H3,(H,23,26). The summed E-state index contributed by atoms with van der Waals surface area (Å²) in [5, 5.41) is 4.06. The van der Waals surface area contributed by atoms with Crippen LogP contribution in [0, 0.1) is 0 Å². The van der Waals surface area contributed by atoms with Gasteiger partial charge in [-0.2, -0.15) is 0 Å². The average molecular weight is 432 g/mol. The molecule has 0 bridgehead atoms. The second-order valence-corrected chi connectivity index (χ2v) is 8.86. The number of thiophene rings is 1. The Hall–Kier alpha value is -2.00. The number of benzene rings is 1. The first-order valence-electron chi connectivity index (χ1n) is 10.5. The Morgan fingerprint density at radius 1 is 1.23 bits per heavy atom. The zero-order chi connectivity index (χ0) is 20.9. The molecule has 2 fully saturated rings. The number of rotatable bonds is 7. The molecule has 1 atom stereocenters. The monoisotopic (exact) mass is 431 g/mol. The van der Waals surface area contributed by atoms with Gasteiger partial charge in [-0.3, -0.25) is 14.5 Å². The van der Waals surface area contributed by atoms with E-state index < -0.39 is 0 Å². The number of amides is 2. The molecule has 1 aromatic heterocycles. The van der Waals surface area contributed by atoms with E-state index in [4.69, 9.17) is 9.47 Å². The van der Waals surface area contributed by atoms with E-state index in [1.807, 2.05) is 17.0 Å². The Balaban J connectivity index is 1.52. The van der Waals surface area contributed by atoms with E-state index in [0.717, 1.165) is 34.7 Å². The molecule has 2 aliphatic rings. The SMILES string of the molecule is COCCNC(=O)CN1CCC(c2c(C(=O)N3CCOCC3)sc3ccccc23)C1. The summed E-state index contributed by atoms with van der Waals surface area (Å²) in [5.41, 5.74) is 1.16. The van der Waals surface area contributed by atoms with Crippen molar-refractivity contribution in [1.82, 2.24) is 15.1 Å². The van der Waals surface area contributed by atoms with Crippen molar-refractivity contribution in [3.8, 4) is 0 Å². The molecule has 2 amide bonds. The van der Waals surface area contributed by atoms with Gasteiger partial charge in [-0.05, 0) is 30.0 Å². The summed E-state index contributed by atoms with van der Waals surface area (Å²) in [7, 11) is 1.62. The average Bonchev–Trinajstić information content (AvgIpc) is 3.38. The summed E-state index contributed by atoms with van der Waals surface area (Å²) in [6.45, 7) is 5.56. The lowest BCUT2D eigenvalue weighted by Crippen LogP contribution is -2.40. The van der Waals surface area contributed by atoms with Crippen molar-refractivity contribution in [2.45, 2.75) is 12.3 Å². The number of carbonyl (C=O) groups excluding carboxylic acids is 2. The Kier molecular flexibility index (Phi) is 6.99. The molecular formula is C22H29N3O4S. The highest BCUT2D eigenvalue weighted by Gasteiger charge is 2.32. The Morgan fingerprint density at radius 2 is 2.03 bits per heavy atom. The van der Waals surface area contributed by atoms with E-state index in [1.165, 1.54) is 5.39 Å². The molecule has 7 nitrogen and oxygen atoms in total. The van der Waals surface area contributed by atoms with Gasteiger partial charge in [0.05, 0.1) is 31.2 Å². The number of hydrogen-bond acceptors (Lipinski definition) is 6. The molecule has 162 valence electrons. The normalized spacial score (nSPS) is 20.0. The molecular weight excluding hydrogens is 402 g/mol. The molecule has 2 aliphatic heterocycles. The summed E-state index contributed by atoms with van der Waals surface area (Å²) in [6.07, 6.45) is 0.954. The summed E-state index contributed by atoms with van der Waals surface area (Å²) in [6, 6.07) is 8.28. The second kappa shape index (κ2) is 9.87. The molecule has 3 heterocycles. The van der Waals surface area contributed by atoms with Crippen LogP contribution >= 0.6 is 11.3 Å². The van der Waals surface area contributed by atoms with Gasteiger partial charge in [0, 0.05) is 43.9 Å². The molecule has 1 N–H and O–H groups in total. The largest absolute Gasteiger partial charge is 0.383 e. The fourth-order valence-electron chi connectivity index (χ4n) is 4.30. The van der Waals surface area contributed by atoms with Gasteiger partial charge in [0.25, 0.3) is 5.91 Å². The molecule has 1 unspecified atom stereocenters. The van der Waals surface area contributed by atoms with Crippen LogP contribution in [0.3, 0.4) is 0 Å². The topological polar surface area (TPSA) is 71.1 Å². The highest BCUT2D eigenvalue weighted by molar-refractivity contribution is 7.21. The van der Waals surface area contributed by atoms with E-state index in [-0.39, 0.29) is 17.7 Å². The van der Waals surface area contributed by atoms with Crippen LogP contribution in [-0.2, 0) is 14.3 Å². The van der Waals surface area contributed by atoms with E-state index in [2.05, 4.69) is 22.3 Å². The maximum atomic E-state index is 13.3. The quantitative estimate of drug-likeness (QED) is 0.679. The highest BCUT2D eigenvalue weighted by Crippen LogP contribution is 2.40. The summed E-state index contributed by atoms with van der Waals surface area (Å²) >= 11 is 1.60. The van der Waals surface area contributed by atoms with E-state index in [9.17, 15) is 9.59 Å². The van der Waals surface area contributed by atoms with Gasteiger partial charge >= 0.3 is 0 Å². The van der Waals surface area contributed by atoms with Crippen molar-refractivity contribution in [1.29, 1.82) is 0 Å². The molecule has 0 saturated carbocycles. The number of methoxy groups -OCH3 is 1. The van der Waals surface area contributed by atoms with Gasteiger partial charge in [0.1, 0.15) is 0 Å². The van der Waals surface area contributed by atoms with E-state index in [1.54, 1.807) is 18.4 Å². The van der Waals surface area contributed by atoms with Crippen molar-refractivity contribution in [2.24, 2.45) is 0 Å². The molecule has 4 rings (SSSR count). The molecule has 2 saturated heterocycles. The molecule has 0 aliphatic carbocycles. The van der Waals surface area contributed by atoms with Crippen LogP contribution in [0.15, 0.2) is 24.3 Å². The van der Waals surface area contributed by atoms with Crippen LogP contribution in [0.1, 0.15) is 27.6 Å². The van der Waals surface area contributed by atoms with Crippen molar-refractivity contribution in [3.05, 3.63) is 34.7 Å². The number of fused-ring (bicyclic) bond motifs is 1. The Labute approximate surface area is 180 Å². The molecule has 30 heavy (non-hydrogen) atoms. The second-order valence-electron chi connectivity index (χ2n) is 7.81. The van der Waals surface area contributed by atoms with E-state index >= 15 is 0 Å². The predicted octanol–water partition coefficient (Wildman–Crippen LogP) is 1.93. The summed E-state index contributed by atoms with van der Waals surface area (Å²) in [5.74, 6) is 0.394. The first-order valence-corrected chi connectivity index (χ1v) is 11.4. The first-order chi connectivity index (χ1) is 14.7. The van der Waals surface area contributed by atoms with E-state index in [0.29, 0.717) is 46.0 Å². The third-order valence-electron chi connectivity index (χ3n) is 5.80. The zero-order valence-corrected chi connectivity index (χ0v) is 18.2. The number of likely N-dealkylation sites (tertiary alicyclic amines) is 1. The van der Waals surface area contributed by atoms with Gasteiger partial charge < -0.3 is 19.7 Å². The van der Waals surface area contributed by atoms with Crippen LogP contribution in [0.4, 0.5) is 0 Å². The predicted molar refractivity (Wildman–Crippen MR) is 117 cm³/mol. The van der Waals surface area contributed by atoms with Crippen molar-refractivity contribution in [3.63, 3.8) is 0 Å². The van der Waals surface area contributed by atoms with Gasteiger partial charge in [0.2, 0.25) is 5.91 Å². The zero-order valence-electron chi connectivity index (χ0n) is 17.4. The van der Waals surface area contributed by atoms with Crippen LogP contribution < -0.4 is 5.32 Å². The minimum atomic E-state index is 0.0208. The number of nitrogens with one attached hydrogen (secondary N) is 1. The van der Waals surface area contributed by atoms with Gasteiger partial charge in [-0.15, -0.1) is 11.3 Å². The van der Waals surface area contributed by atoms with Crippen LogP contribution in [-0.4, -0.2) is 87.8 Å². The molecule has 8 heteroatoms. The van der Waals surface area contributed by atoms with Crippen molar-refractivity contribution < 1.29 is 19.1 Å². The van der Waals surface area contributed by atoms with Crippen LogP contribution in [0.25, 0.3) is 10.1 Å². The summed E-state index contributed by atoms with van der Waals surface area (Å²) < 4.78 is 11.6. The number of ether oxygens (including phenoxy) is 2. The van der Waals surface area contributed by atoms with Crippen molar-refractivity contribution >= 4 is 33.2 Å². The number of nitrogens with zero attached hydrogens (tertiary/aromatic N) is 2. The fourth-order valence-corrected chi connectivity index (χ4v) is 5.56. The fraction of sp³-hybridized carbons (Fsp3) is 0.545. The van der Waals surface area contributed by atoms with Gasteiger partial charge in [-0.1, -0.05) is 18.2 Å². The molecule has 2 aromatic rings. The third-order valence-corrected chi connectivity index (χ3v) is 6.98. The minimum absolute atomic E-state index is 0.0208. The van der Waals surface area contributed by atoms with Crippen LogP contribution in [0.5, 0.6) is 0 Å². The Morgan fingerprint density at radius 3 is 2.83 bits per heavy atom. The number of hydrogen-bond donors (Lipinski definition) is 1. The minimum Gasteiger partial charge on any atom is -0.383 e. The highest BCUT2D eigenvalue weighted by atomic mass is 32.1. The maximum absolute atomic E-state index is 13.3. The lowest BCUT2D eigenvalue weighted by molar-refractivity contribution is -0.122. The lowest BCUT2D eigenvalue weighted by Gasteiger charge is -2.27. The van der Waals surface area contributed by atoms with Crippen LogP contribution in [0.2, 0.25) is 0 Å². The maximum Gasteiger partial charge on any atom is 0.264 e. The Bertz CT molecular complexity index is 894. The van der Waals surface area contributed by atoms with Crippen molar-refractivity contribution in [2.75, 3.05) is 66.2 Å². The first kappa shape index (κ1) is 21.2. The van der Waals surface area contributed by atoms with Gasteiger partial charge in [0.15, 0.2) is 0 Å². The molecule has 1 aromatic carbocycles. The number of carbonyl (C=O) groups is 2. The van der Waals surface area contributed by atoms with Gasteiger partial charge in [-0.25, -0.2) is 0 Å².